The Kier molecular flexibility index (Phi) is 5.36. The number of rotatable bonds is 5. The minimum absolute atomic E-state index is 0.104. The van der Waals surface area contributed by atoms with Gasteiger partial charge in [0.15, 0.2) is 5.66 Å². The third-order valence-electron chi connectivity index (χ3n) is 6.11. The maximum absolute atomic E-state index is 14.0. The van der Waals surface area contributed by atoms with E-state index in [1.54, 1.807) is 12.4 Å². The predicted octanol–water partition coefficient (Wildman–Crippen LogP) is 4.18. The predicted molar refractivity (Wildman–Crippen MR) is 130 cm³/mol. The lowest BCUT2D eigenvalue weighted by atomic mass is 10.3. The van der Waals surface area contributed by atoms with Crippen LogP contribution in [0.5, 0.6) is 0 Å². The fourth-order valence-electron chi connectivity index (χ4n) is 4.78. The van der Waals surface area contributed by atoms with Crippen molar-refractivity contribution < 1.29 is 4.79 Å². The molecule has 1 atom stereocenters. The van der Waals surface area contributed by atoms with E-state index in [1.807, 2.05) is 35.2 Å². The van der Waals surface area contributed by atoms with Gasteiger partial charge in [-0.25, -0.2) is 0 Å². The lowest BCUT2D eigenvalue weighted by Gasteiger charge is -2.32. The number of hydrogen-bond donors (Lipinski definition) is 0. The van der Waals surface area contributed by atoms with Gasteiger partial charge in [-0.2, -0.15) is 0 Å². The monoisotopic (exact) mass is 423 g/mol. The van der Waals surface area contributed by atoms with E-state index in [-0.39, 0.29) is 11.6 Å². The van der Waals surface area contributed by atoms with Gasteiger partial charge in [-0.3, -0.25) is 9.78 Å². The normalized spacial score (nSPS) is 16.5. The fourth-order valence-corrected chi connectivity index (χ4v) is 9.66. The van der Waals surface area contributed by atoms with Crippen LogP contribution in [-0.2, 0) is 4.79 Å². The van der Waals surface area contributed by atoms with Crippen molar-refractivity contribution in [2.24, 2.45) is 0 Å². The van der Waals surface area contributed by atoms with Crippen molar-refractivity contribution in [3.8, 4) is 0 Å². The molecule has 4 aromatic rings. The molecular weight excluding hydrogens is 399 g/mol. The van der Waals surface area contributed by atoms with Crippen LogP contribution in [0.15, 0.2) is 116 Å². The molecule has 0 aliphatic carbocycles. The van der Waals surface area contributed by atoms with Gasteiger partial charge in [0.05, 0.1) is 0 Å². The quantitative estimate of drug-likeness (QED) is 0.451. The molecule has 0 bridgehead atoms. The fraction of sp³-hybridized carbons (Fsp3) is 0.111. The van der Waals surface area contributed by atoms with Gasteiger partial charge in [-0.1, -0.05) is 54.6 Å². The molecule has 2 heterocycles. The van der Waals surface area contributed by atoms with E-state index in [9.17, 15) is 4.79 Å². The van der Waals surface area contributed by atoms with Crippen LogP contribution < -0.4 is 20.8 Å². The highest BCUT2D eigenvalue weighted by Gasteiger charge is 2.58. The molecule has 152 valence electrons. The summed E-state index contributed by atoms with van der Waals surface area (Å²) in [5.41, 5.74) is 0.822. The Balaban J connectivity index is 1.74. The minimum atomic E-state index is -2.22. The Morgan fingerprint density at radius 3 is 1.58 bits per heavy atom. The second-order valence-electron chi connectivity index (χ2n) is 7.73. The first kappa shape index (κ1) is 19.7. The molecule has 0 radical (unpaired) electrons. The zero-order valence-corrected chi connectivity index (χ0v) is 18.1. The standard InChI is InChI=1S/C27H24N2OP/c30-27-26(18-21-29(27)22-16-19-28-20-17-22)31(23-10-4-1-5-11-23,24-12-6-2-7-13-24)25-14-8-3-9-15-25/h1-17,19-20,26H,18,21H2/q+1/t26-/m1/s1. The number of hydrogen-bond acceptors (Lipinski definition) is 2. The number of pyridine rings is 1. The van der Waals surface area contributed by atoms with Gasteiger partial charge in [0, 0.05) is 31.0 Å². The van der Waals surface area contributed by atoms with Gasteiger partial charge >= 0.3 is 0 Å². The summed E-state index contributed by atoms with van der Waals surface area (Å²) in [4.78, 5) is 20.1. The van der Waals surface area contributed by atoms with Crippen LogP contribution in [0.3, 0.4) is 0 Å². The second-order valence-corrected chi connectivity index (χ2v) is 11.3. The first-order valence-electron chi connectivity index (χ1n) is 10.6. The molecule has 0 N–H and O–H groups in total. The van der Waals surface area contributed by atoms with Gasteiger partial charge in [0.2, 0.25) is 0 Å². The molecule has 3 nitrogen and oxygen atoms in total. The molecule has 4 heteroatoms. The Morgan fingerprint density at radius 2 is 1.13 bits per heavy atom. The van der Waals surface area contributed by atoms with Crippen molar-refractivity contribution in [1.29, 1.82) is 0 Å². The van der Waals surface area contributed by atoms with Crippen LogP contribution >= 0.6 is 7.26 Å². The average molecular weight is 423 g/mol. The summed E-state index contributed by atoms with van der Waals surface area (Å²) < 4.78 is 0. The van der Waals surface area contributed by atoms with Crippen LogP contribution in [0.4, 0.5) is 5.69 Å². The largest absolute Gasteiger partial charge is 0.309 e. The average Bonchev–Trinajstić information content (AvgIpc) is 3.24. The third-order valence-corrected chi connectivity index (χ3v) is 10.9. The van der Waals surface area contributed by atoms with Crippen molar-refractivity contribution in [3.05, 3.63) is 116 Å². The van der Waals surface area contributed by atoms with Crippen molar-refractivity contribution in [1.82, 2.24) is 4.98 Å². The zero-order chi connectivity index (χ0) is 21.1. The van der Waals surface area contributed by atoms with E-state index in [2.05, 4.69) is 77.8 Å². The lowest BCUT2D eigenvalue weighted by Crippen LogP contribution is -2.42. The molecule has 0 saturated carbocycles. The SMILES string of the molecule is O=C1[C@H]([P+](c2ccccc2)(c2ccccc2)c2ccccc2)CCN1c1ccncc1. The summed E-state index contributed by atoms with van der Waals surface area (Å²) in [5.74, 6) is 0.205. The van der Waals surface area contributed by atoms with Crippen LogP contribution in [-0.4, -0.2) is 23.1 Å². The maximum Gasteiger partial charge on any atom is 0.268 e. The van der Waals surface area contributed by atoms with Crippen LogP contribution in [0.2, 0.25) is 0 Å². The number of nitrogens with zero attached hydrogens (tertiary/aromatic N) is 2. The summed E-state index contributed by atoms with van der Waals surface area (Å²) >= 11 is 0. The topological polar surface area (TPSA) is 33.2 Å². The highest BCUT2D eigenvalue weighted by atomic mass is 31.2. The zero-order valence-electron chi connectivity index (χ0n) is 17.2. The Bertz CT molecular complexity index is 1050. The minimum Gasteiger partial charge on any atom is -0.309 e. The Morgan fingerprint density at radius 1 is 0.677 bits per heavy atom. The smallest absolute Gasteiger partial charge is 0.268 e. The van der Waals surface area contributed by atoms with Crippen LogP contribution in [0, 0.1) is 0 Å². The summed E-state index contributed by atoms with van der Waals surface area (Å²) in [6.07, 6.45) is 4.33. The number of amides is 1. The van der Waals surface area contributed by atoms with E-state index in [4.69, 9.17) is 0 Å². The van der Waals surface area contributed by atoms with E-state index < -0.39 is 7.26 Å². The second kappa shape index (κ2) is 8.45. The molecule has 31 heavy (non-hydrogen) atoms. The highest BCUT2D eigenvalue weighted by molar-refractivity contribution is 7.97. The van der Waals surface area contributed by atoms with Gasteiger partial charge in [-0.15, -0.1) is 0 Å². The molecule has 1 aliphatic rings. The highest BCUT2D eigenvalue weighted by Crippen LogP contribution is 2.62. The number of aromatic nitrogens is 1. The lowest BCUT2D eigenvalue weighted by molar-refractivity contribution is -0.116. The van der Waals surface area contributed by atoms with Crippen molar-refractivity contribution in [3.63, 3.8) is 0 Å². The molecule has 1 saturated heterocycles. The first-order valence-corrected chi connectivity index (χ1v) is 12.4. The summed E-state index contributed by atoms with van der Waals surface area (Å²) in [7, 11) is -2.22. The molecule has 1 aromatic heterocycles. The van der Waals surface area contributed by atoms with Crippen molar-refractivity contribution in [2.45, 2.75) is 12.1 Å². The molecule has 5 rings (SSSR count). The van der Waals surface area contributed by atoms with E-state index in [1.165, 1.54) is 15.9 Å². The molecule has 3 aromatic carbocycles. The van der Waals surface area contributed by atoms with E-state index >= 15 is 0 Å². The number of carbonyl (C=O) groups excluding carboxylic acids is 1. The molecule has 1 aliphatic heterocycles. The molecule has 1 amide bonds. The maximum atomic E-state index is 14.0. The third kappa shape index (κ3) is 3.36. The Labute approximate surface area is 183 Å². The molecule has 1 fully saturated rings. The van der Waals surface area contributed by atoms with Gasteiger partial charge in [0.25, 0.3) is 5.91 Å². The van der Waals surface area contributed by atoms with Gasteiger partial charge in [-0.05, 0) is 48.5 Å². The van der Waals surface area contributed by atoms with Gasteiger partial charge < -0.3 is 4.90 Å². The molecular formula is C27H24N2OP+. The number of carbonyl (C=O) groups is 1. The van der Waals surface area contributed by atoms with Crippen LogP contribution in [0.1, 0.15) is 6.42 Å². The molecule has 0 spiro atoms. The first-order chi connectivity index (χ1) is 15.3. The molecule has 0 unspecified atom stereocenters. The van der Waals surface area contributed by atoms with Crippen molar-refractivity contribution >= 4 is 34.8 Å². The number of benzene rings is 3. The van der Waals surface area contributed by atoms with Gasteiger partial charge in [0.1, 0.15) is 23.2 Å². The summed E-state index contributed by atoms with van der Waals surface area (Å²) in [6.45, 7) is 0.724. The van der Waals surface area contributed by atoms with E-state index in [0.29, 0.717) is 0 Å². The number of anilines is 1. The Hall–Kier alpha value is -3.29. The summed E-state index contributed by atoms with van der Waals surface area (Å²) in [6, 6.07) is 35.8. The van der Waals surface area contributed by atoms with Crippen molar-refractivity contribution in [2.75, 3.05) is 11.4 Å². The van der Waals surface area contributed by atoms with Crippen LogP contribution in [0.25, 0.3) is 0 Å². The summed E-state index contributed by atoms with van der Waals surface area (Å²) in [5, 5.41) is 3.76. The van der Waals surface area contributed by atoms with E-state index in [0.717, 1.165) is 18.7 Å².